The van der Waals surface area contributed by atoms with Crippen molar-refractivity contribution in [1.82, 2.24) is 10.6 Å². The fourth-order valence-corrected chi connectivity index (χ4v) is 2.77. The highest BCUT2D eigenvalue weighted by Gasteiger charge is 2.51. The number of hydrogen-bond acceptors (Lipinski definition) is 3. The third-order valence-electron chi connectivity index (χ3n) is 3.72. The Morgan fingerprint density at radius 3 is 2.76 bits per heavy atom. The molecule has 5 heteroatoms. The molecule has 0 bridgehead atoms. The van der Waals surface area contributed by atoms with E-state index in [9.17, 15) is 14.7 Å². The largest absolute Gasteiger partial charge is 0.508 e. The number of carbonyl (C=O) groups is 2. The summed E-state index contributed by atoms with van der Waals surface area (Å²) in [4.78, 5) is 23.2. The van der Waals surface area contributed by atoms with Crippen LogP contribution in [0.2, 0.25) is 0 Å². The van der Waals surface area contributed by atoms with Crippen LogP contribution < -0.4 is 10.6 Å². The third-order valence-corrected chi connectivity index (χ3v) is 3.72. The van der Waals surface area contributed by atoms with Gasteiger partial charge in [0.05, 0.1) is 0 Å². The first kappa shape index (κ1) is 10.1. The van der Waals surface area contributed by atoms with Crippen molar-refractivity contribution in [2.24, 2.45) is 0 Å². The van der Waals surface area contributed by atoms with Crippen LogP contribution in [0.5, 0.6) is 5.75 Å². The molecule has 1 aliphatic heterocycles. The zero-order chi connectivity index (χ0) is 12.2. The first-order valence-corrected chi connectivity index (χ1v) is 5.50. The standard InChI is InChI=1S/C12H12N2O3/c1-6-7-4-5-12(8(7)2-3-9(6)15)10(16)13-11(17)14-12/h2-3,15H,4-5H2,1H3,(H2,13,14,16,17). The molecule has 0 radical (unpaired) electrons. The highest BCUT2D eigenvalue weighted by atomic mass is 16.3. The van der Waals surface area contributed by atoms with E-state index in [0.717, 1.165) is 16.7 Å². The number of hydrogen-bond donors (Lipinski definition) is 3. The van der Waals surface area contributed by atoms with Gasteiger partial charge in [0.1, 0.15) is 11.3 Å². The summed E-state index contributed by atoms with van der Waals surface area (Å²) < 4.78 is 0. The van der Waals surface area contributed by atoms with Crippen molar-refractivity contribution in [2.75, 3.05) is 0 Å². The Hall–Kier alpha value is -2.04. The van der Waals surface area contributed by atoms with Gasteiger partial charge in [0.15, 0.2) is 0 Å². The molecule has 2 aliphatic rings. The molecule has 1 unspecified atom stereocenters. The molecule has 5 nitrogen and oxygen atoms in total. The van der Waals surface area contributed by atoms with Gasteiger partial charge in [0.2, 0.25) is 0 Å². The number of imide groups is 1. The number of benzene rings is 1. The molecule has 1 atom stereocenters. The van der Waals surface area contributed by atoms with Crippen molar-refractivity contribution < 1.29 is 14.7 Å². The monoisotopic (exact) mass is 232 g/mol. The van der Waals surface area contributed by atoms with E-state index in [1.807, 2.05) is 6.92 Å². The van der Waals surface area contributed by atoms with E-state index < -0.39 is 11.6 Å². The highest BCUT2D eigenvalue weighted by molar-refractivity contribution is 6.08. The van der Waals surface area contributed by atoms with Crippen LogP contribution in [0.25, 0.3) is 0 Å². The Kier molecular flexibility index (Phi) is 1.79. The molecule has 3 rings (SSSR count). The molecule has 1 aliphatic carbocycles. The molecule has 1 aromatic carbocycles. The number of phenolic OH excluding ortho intramolecular Hbond substituents is 1. The Labute approximate surface area is 97.8 Å². The summed E-state index contributed by atoms with van der Waals surface area (Å²) in [5, 5.41) is 14.6. The quantitative estimate of drug-likeness (QED) is 0.575. The molecular formula is C12H12N2O3. The van der Waals surface area contributed by atoms with Gasteiger partial charge in [-0.25, -0.2) is 4.79 Å². The summed E-state index contributed by atoms with van der Waals surface area (Å²) in [5.41, 5.74) is 1.62. The van der Waals surface area contributed by atoms with Gasteiger partial charge < -0.3 is 10.4 Å². The van der Waals surface area contributed by atoms with E-state index in [2.05, 4.69) is 10.6 Å². The molecular weight excluding hydrogens is 220 g/mol. The Bertz CT molecular complexity index is 553. The topological polar surface area (TPSA) is 78.4 Å². The molecule has 1 spiro atoms. The fraction of sp³-hybridized carbons (Fsp3) is 0.333. The average Bonchev–Trinajstić information content (AvgIpc) is 2.77. The third kappa shape index (κ3) is 1.13. The van der Waals surface area contributed by atoms with E-state index in [1.165, 1.54) is 0 Å². The minimum absolute atomic E-state index is 0.227. The van der Waals surface area contributed by atoms with Gasteiger partial charge in [-0.15, -0.1) is 0 Å². The SMILES string of the molecule is Cc1c(O)ccc2c1CCC21NC(=O)NC1=O. The van der Waals surface area contributed by atoms with Crippen LogP contribution in [0.3, 0.4) is 0 Å². The lowest BCUT2D eigenvalue weighted by molar-refractivity contribution is -0.124. The second kappa shape index (κ2) is 3.00. The van der Waals surface area contributed by atoms with Crippen LogP contribution in [-0.2, 0) is 16.8 Å². The van der Waals surface area contributed by atoms with Gasteiger partial charge in [-0.05, 0) is 42.5 Å². The number of aromatic hydroxyl groups is 1. The van der Waals surface area contributed by atoms with Crippen LogP contribution in [0, 0.1) is 6.92 Å². The Morgan fingerprint density at radius 1 is 1.35 bits per heavy atom. The summed E-state index contributed by atoms with van der Waals surface area (Å²) >= 11 is 0. The lowest BCUT2D eigenvalue weighted by Gasteiger charge is -2.21. The normalized spacial score (nSPS) is 25.9. The number of phenols is 1. The molecule has 1 aromatic rings. The minimum atomic E-state index is -0.926. The van der Waals surface area contributed by atoms with Gasteiger partial charge in [-0.3, -0.25) is 10.1 Å². The first-order chi connectivity index (χ1) is 8.04. The summed E-state index contributed by atoms with van der Waals surface area (Å²) in [7, 11) is 0. The minimum Gasteiger partial charge on any atom is -0.508 e. The molecule has 1 fully saturated rings. The van der Waals surface area contributed by atoms with Gasteiger partial charge >= 0.3 is 6.03 Å². The Morgan fingerprint density at radius 2 is 2.12 bits per heavy atom. The van der Waals surface area contributed by atoms with Crippen LogP contribution in [0.1, 0.15) is 23.1 Å². The van der Waals surface area contributed by atoms with Gasteiger partial charge in [-0.2, -0.15) is 0 Å². The van der Waals surface area contributed by atoms with Gasteiger partial charge in [0, 0.05) is 0 Å². The summed E-state index contributed by atoms with van der Waals surface area (Å²) in [5.74, 6) is -0.0723. The lowest BCUT2D eigenvalue weighted by atomic mass is 9.91. The smallest absolute Gasteiger partial charge is 0.322 e. The summed E-state index contributed by atoms with van der Waals surface area (Å²) in [6, 6.07) is 2.84. The maximum atomic E-state index is 11.9. The van der Waals surface area contributed by atoms with E-state index in [0.29, 0.717) is 12.8 Å². The van der Waals surface area contributed by atoms with Crippen molar-refractivity contribution in [1.29, 1.82) is 0 Å². The van der Waals surface area contributed by atoms with Crippen molar-refractivity contribution in [3.63, 3.8) is 0 Å². The van der Waals surface area contributed by atoms with E-state index in [4.69, 9.17) is 0 Å². The molecule has 0 aromatic heterocycles. The number of carbonyl (C=O) groups excluding carboxylic acids is 2. The van der Waals surface area contributed by atoms with Crippen LogP contribution in [0.4, 0.5) is 4.79 Å². The second-order valence-electron chi connectivity index (χ2n) is 4.55. The van der Waals surface area contributed by atoms with Crippen molar-refractivity contribution in [2.45, 2.75) is 25.3 Å². The van der Waals surface area contributed by atoms with Crippen LogP contribution in [0.15, 0.2) is 12.1 Å². The maximum absolute atomic E-state index is 11.9. The fourth-order valence-electron chi connectivity index (χ4n) is 2.77. The predicted octanol–water partition coefficient (Wildman–Crippen LogP) is 0.682. The van der Waals surface area contributed by atoms with Crippen molar-refractivity contribution >= 4 is 11.9 Å². The summed E-state index contributed by atoms with van der Waals surface area (Å²) in [6.07, 6.45) is 1.23. The molecule has 1 saturated heterocycles. The van der Waals surface area contributed by atoms with Gasteiger partial charge in [0.25, 0.3) is 5.91 Å². The predicted molar refractivity (Wildman–Crippen MR) is 59.5 cm³/mol. The lowest BCUT2D eigenvalue weighted by Crippen LogP contribution is -2.41. The zero-order valence-electron chi connectivity index (χ0n) is 9.33. The van der Waals surface area contributed by atoms with E-state index >= 15 is 0 Å². The Balaban J connectivity index is 2.20. The number of urea groups is 1. The highest BCUT2D eigenvalue weighted by Crippen LogP contribution is 2.42. The average molecular weight is 232 g/mol. The van der Waals surface area contributed by atoms with Crippen molar-refractivity contribution in [3.8, 4) is 5.75 Å². The number of amides is 3. The second-order valence-corrected chi connectivity index (χ2v) is 4.55. The van der Waals surface area contributed by atoms with Crippen LogP contribution >= 0.6 is 0 Å². The number of rotatable bonds is 0. The molecule has 1 heterocycles. The molecule has 0 saturated carbocycles. The van der Waals surface area contributed by atoms with Gasteiger partial charge in [-0.1, -0.05) is 6.07 Å². The van der Waals surface area contributed by atoms with E-state index in [-0.39, 0.29) is 11.7 Å². The van der Waals surface area contributed by atoms with Crippen molar-refractivity contribution in [3.05, 3.63) is 28.8 Å². The molecule has 3 N–H and O–H groups in total. The molecule has 88 valence electrons. The zero-order valence-corrected chi connectivity index (χ0v) is 9.33. The summed E-state index contributed by atoms with van der Waals surface area (Å²) in [6.45, 7) is 1.82. The van der Waals surface area contributed by atoms with E-state index in [1.54, 1.807) is 12.1 Å². The maximum Gasteiger partial charge on any atom is 0.322 e. The number of nitrogens with one attached hydrogen (secondary N) is 2. The molecule has 17 heavy (non-hydrogen) atoms. The van der Waals surface area contributed by atoms with Crippen LogP contribution in [-0.4, -0.2) is 17.0 Å². The molecule has 3 amide bonds. The first-order valence-electron chi connectivity index (χ1n) is 5.50. The number of fused-ring (bicyclic) bond motifs is 2.